The van der Waals surface area contributed by atoms with Crippen LogP contribution in [-0.2, 0) is 24.5 Å². The monoisotopic (exact) mass is 533 g/mol. The fourth-order valence-corrected chi connectivity index (χ4v) is 5.27. The maximum atomic E-state index is 12.2. The lowest BCUT2D eigenvalue weighted by molar-refractivity contribution is -0.674. The predicted octanol–water partition coefficient (Wildman–Crippen LogP) is 5.54. The number of carbonyl (C=O) groups excluding carboxylic acids is 1. The number of anilines is 1. The van der Waals surface area contributed by atoms with Crippen LogP contribution in [0.2, 0.25) is 10.0 Å². The summed E-state index contributed by atoms with van der Waals surface area (Å²) < 4.78 is 41.9. The van der Waals surface area contributed by atoms with E-state index in [0.717, 1.165) is 11.8 Å². The average Bonchev–Trinajstić information content (AvgIpc) is 2.71. The van der Waals surface area contributed by atoms with E-state index in [4.69, 9.17) is 37.0 Å². The number of hydrogen-bond donors (Lipinski definition) is 2. The van der Waals surface area contributed by atoms with E-state index in [0.29, 0.717) is 30.9 Å². The Balaban J connectivity index is 1.68. The average molecular weight is 534 g/mol. The summed E-state index contributed by atoms with van der Waals surface area (Å²) in [5.74, 6) is 0.632. The molecule has 0 fully saturated rings. The predicted molar refractivity (Wildman–Crippen MR) is 130 cm³/mol. The second-order valence-corrected chi connectivity index (χ2v) is 10.7. The molecule has 1 aliphatic heterocycles. The van der Waals surface area contributed by atoms with Crippen molar-refractivity contribution in [3.63, 3.8) is 0 Å². The van der Waals surface area contributed by atoms with Crippen molar-refractivity contribution in [2.45, 2.75) is 37.2 Å². The number of rotatable bonds is 8. The molecule has 178 valence electrons. The van der Waals surface area contributed by atoms with Gasteiger partial charge in [0, 0.05) is 29.0 Å². The van der Waals surface area contributed by atoms with Gasteiger partial charge in [-0.1, -0.05) is 23.2 Å². The van der Waals surface area contributed by atoms with Gasteiger partial charge in [-0.3, -0.25) is 5.32 Å². The third-order valence-corrected chi connectivity index (χ3v) is 7.11. The highest BCUT2D eigenvalue weighted by Crippen LogP contribution is 2.38. The van der Waals surface area contributed by atoms with Crippen molar-refractivity contribution in [3.8, 4) is 5.75 Å². The third kappa shape index (κ3) is 5.87. The van der Waals surface area contributed by atoms with Gasteiger partial charge in [0.15, 0.2) is 14.7 Å². The van der Waals surface area contributed by atoms with Gasteiger partial charge < -0.3 is 9.47 Å². The molecule has 0 aromatic heterocycles. The Labute approximate surface area is 207 Å². The molecule has 0 atom stereocenters. The topological polar surface area (TPSA) is 93.9 Å². The molecule has 1 aliphatic rings. The minimum Gasteiger partial charge on any atom is -0.494 e. The molecule has 0 radical (unpaired) electrons. The number of thiol groups is 1. The van der Waals surface area contributed by atoms with Crippen molar-refractivity contribution in [2.24, 2.45) is 0 Å². The molecule has 0 bridgehead atoms. The molecule has 0 unspecified atom stereocenters. The van der Waals surface area contributed by atoms with Crippen LogP contribution in [0.5, 0.6) is 5.75 Å². The van der Waals surface area contributed by atoms with Gasteiger partial charge in [-0.05, 0) is 44.5 Å². The number of ether oxygens (including phenoxy) is 2. The van der Waals surface area contributed by atoms with Crippen molar-refractivity contribution in [1.82, 2.24) is 0 Å². The molecule has 2 aromatic rings. The van der Waals surface area contributed by atoms with Crippen LogP contribution < -0.4 is 10.1 Å². The number of halogens is 2. The van der Waals surface area contributed by atoms with Gasteiger partial charge in [0.25, 0.3) is 5.69 Å². The molecule has 1 N–H and O–H groups in total. The number of sulfone groups is 1. The van der Waals surface area contributed by atoms with Crippen molar-refractivity contribution in [1.29, 1.82) is 0 Å². The first-order valence-corrected chi connectivity index (χ1v) is 12.8. The standard InChI is InChI=1S/C21H22Cl2N2O6S2/c1-21(2)14-12-13(6-8-16(14)24-20(26)30-21)29-11-5-4-10-25(31-32)17-9-7-15(22)18(23)19(17)33(3,27)28/h6-10,12H,4-5,11H2,1-3H3,(H-,24,26,32)/p+1. The molecule has 0 saturated heterocycles. The van der Waals surface area contributed by atoms with Crippen molar-refractivity contribution < 1.29 is 31.7 Å². The molecule has 33 heavy (non-hydrogen) atoms. The summed E-state index contributed by atoms with van der Waals surface area (Å²) in [5.41, 5.74) is 0.921. The van der Waals surface area contributed by atoms with Crippen LogP contribution in [0.1, 0.15) is 32.3 Å². The highest BCUT2D eigenvalue weighted by Gasteiger charge is 2.33. The number of hydrogen-bond acceptors (Lipinski definition) is 7. The molecule has 0 spiro atoms. The Morgan fingerprint density at radius 3 is 2.64 bits per heavy atom. The van der Waals surface area contributed by atoms with Gasteiger partial charge in [0.1, 0.15) is 24.3 Å². The Kier molecular flexibility index (Phi) is 7.73. The fraction of sp³-hybridized carbons (Fsp3) is 0.333. The van der Waals surface area contributed by atoms with E-state index in [-0.39, 0.29) is 20.6 Å². The zero-order chi connectivity index (χ0) is 24.4. The van der Waals surface area contributed by atoms with Crippen LogP contribution in [0.25, 0.3) is 0 Å². The molecule has 0 saturated carbocycles. The SMILES string of the molecule is CC1(C)OC(=O)Nc2ccc(OCCCC=[N+](OS)c3ccc(Cl)c(Cl)c3S(C)(=O)=O)cc21. The van der Waals surface area contributed by atoms with Gasteiger partial charge in [0.2, 0.25) is 6.21 Å². The number of fused-ring (bicyclic) bond motifs is 1. The van der Waals surface area contributed by atoms with E-state index in [9.17, 15) is 13.2 Å². The van der Waals surface area contributed by atoms with E-state index in [1.54, 1.807) is 18.3 Å². The number of cyclic esters (lactones) is 1. The normalized spacial score (nSPS) is 15.3. The van der Waals surface area contributed by atoms with Gasteiger partial charge in [0.05, 0.1) is 22.3 Å². The first kappa shape index (κ1) is 25.5. The first-order valence-electron chi connectivity index (χ1n) is 9.83. The highest BCUT2D eigenvalue weighted by atomic mass is 35.5. The molecule has 1 amide bonds. The Bertz CT molecular complexity index is 1220. The number of unbranched alkanes of at least 4 members (excludes halogenated alkanes) is 1. The molecule has 0 aliphatic carbocycles. The first-order chi connectivity index (χ1) is 15.4. The fourth-order valence-electron chi connectivity index (χ4n) is 3.35. The van der Waals surface area contributed by atoms with Crippen molar-refractivity contribution in [3.05, 3.63) is 45.9 Å². The smallest absolute Gasteiger partial charge is 0.412 e. The van der Waals surface area contributed by atoms with Gasteiger partial charge in [-0.2, -0.15) is 4.28 Å². The molecule has 12 heteroatoms. The maximum absolute atomic E-state index is 12.2. The quantitative estimate of drug-likeness (QED) is 0.115. The van der Waals surface area contributed by atoms with Crippen LogP contribution >= 0.6 is 36.1 Å². The Hall–Kier alpha value is -2.14. The lowest BCUT2D eigenvalue weighted by Gasteiger charge is -2.32. The summed E-state index contributed by atoms with van der Waals surface area (Å²) in [7, 11) is -3.69. The van der Waals surface area contributed by atoms with Gasteiger partial charge in [-0.15, -0.1) is 0 Å². The van der Waals surface area contributed by atoms with E-state index in [1.165, 1.54) is 16.9 Å². The number of amides is 1. The van der Waals surface area contributed by atoms with Crippen LogP contribution in [-0.4, -0.2) is 38.3 Å². The number of carbonyl (C=O) groups is 1. The number of benzene rings is 2. The number of nitrogens with zero attached hydrogens (tertiary/aromatic N) is 1. The largest absolute Gasteiger partial charge is 0.494 e. The van der Waals surface area contributed by atoms with E-state index < -0.39 is 21.5 Å². The van der Waals surface area contributed by atoms with Crippen LogP contribution in [0.4, 0.5) is 16.2 Å². The summed E-state index contributed by atoms with van der Waals surface area (Å²) in [5, 5.41) is 2.70. The minimum atomic E-state index is -3.69. The van der Waals surface area contributed by atoms with E-state index >= 15 is 0 Å². The van der Waals surface area contributed by atoms with Crippen LogP contribution in [0.15, 0.2) is 35.2 Å². The summed E-state index contributed by atoms with van der Waals surface area (Å²) in [6.45, 7) is 4.00. The van der Waals surface area contributed by atoms with E-state index in [1.807, 2.05) is 19.9 Å². The lowest BCUT2D eigenvalue weighted by Crippen LogP contribution is -2.34. The second kappa shape index (κ2) is 10.0. The summed E-state index contributed by atoms with van der Waals surface area (Å²) in [6.07, 6.45) is 3.25. The van der Waals surface area contributed by atoms with Crippen LogP contribution in [0, 0.1) is 0 Å². The minimum absolute atomic E-state index is 0.0840. The van der Waals surface area contributed by atoms with E-state index in [2.05, 4.69) is 18.2 Å². The molecule has 1 heterocycles. The Morgan fingerprint density at radius 2 is 1.97 bits per heavy atom. The summed E-state index contributed by atoms with van der Waals surface area (Å²) in [4.78, 5) is 11.5. The Morgan fingerprint density at radius 1 is 1.24 bits per heavy atom. The summed E-state index contributed by atoms with van der Waals surface area (Å²) >= 11 is 15.9. The second-order valence-electron chi connectivity index (χ2n) is 7.79. The van der Waals surface area contributed by atoms with Gasteiger partial charge >= 0.3 is 6.09 Å². The maximum Gasteiger partial charge on any atom is 0.412 e. The molecule has 3 rings (SSSR count). The molecule has 8 nitrogen and oxygen atoms in total. The molecular formula is C21H23Cl2N2O6S2+. The molecule has 2 aromatic carbocycles. The van der Waals surface area contributed by atoms with Crippen LogP contribution in [0.3, 0.4) is 0 Å². The van der Waals surface area contributed by atoms with Gasteiger partial charge in [-0.25, -0.2) is 13.2 Å². The van der Waals surface area contributed by atoms with Crippen molar-refractivity contribution >= 4 is 69.6 Å². The molecular weight excluding hydrogens is 511 g/mol. The zero-order valence-electron chi connectivity index (χ0n) is 18.1. The highest BCUT2D eigenvalue weighted by molar-refractivity contribution is 7.91. The number of nitrogens with one attached hydrogen (secondary N) is 1. The zero-order valence-corrected chi connectivity index (χ0v) is 21.3. The third-order valence-electron chi connectivity index (χ3n) is 4.86. The summed E-state index contributed by atoms with van der Waals surface area (Å²) in [6, 6.07) is 8.33. The van der Waals surface area contributed by atoms with Crippen molar-refractivity contribution in [2.75, 3.05) is 18.2 Å². The lowest BCUT2D eigenvalue weighted by atomic mass is 9.94.